The zero-order valence-electron chi connectivity index (χ0n) is 7.93. The van der Waals surface area contributed by atoms with Gasteiger partial charge in [0.05, 0.1) is 6.20 Å². The number of nitrogens with one attached hydrogen (secondary N) is 1. The number of hydrogen-bond donors (Lipinski definition) is 1. The molecule has 0 aliphatic rings. The van der Waals surface area contributed by atoms with E-state index in [1.807, 2.05) is 20.8 Å². The van der Waals surface area contributed by atoms with Gasteiger partial charge in [0.2, 0.25) is 0 Å². The summed E-state index contributed by atoms with van der Waals surface area (Å²) in [6.07, 6.45) is 1.16. The predicted octanol–water partition coefficient (Wildman–Crippen LogP) is 2.43. The Balaban J connectivity index is 0.000000396. The monoisotopic (exact) mass is 181 g/mol. The molecule has 0 unspecified atom stereocenters. The van der Waals surface area contributed by atoms with Crippen molar-refractivity contribution in [2.45, 2.75) is 20.8 Å². The molecule has 0 aromatic carbocycles. The fraction of sp³-hybridized carbons (Fsp3) is 0.333. The van der Waals surface area contributed by atoms with Crippen LogP contribution in [0.1, 0.15) is 19.5 Å². The van der Waals surface area contributed by atoms with Gasteiger partial charge >= 0.3 is 0 Å². The zero-order chi connectivity index (χ0) is 9.84. The first-order valence-electron chi connectivity index (χ1n) is 4.23. The fourth-order valence-electron chi connectivity index (χ4n) is 0.994. The Morgan fingerprint density at radius 2 is 2.08 bits per heavy atom. The van der Waals surface area contributed by atoms with E-state index in [2.05, 4.69) is 15.2 Å². The molecule has 70 valence electrons. The Kier molecular flexibility index (Phi) is 2.95. The third kappa shape index (κ3) is 1.83. The van der Waals surface area contributed by atoms with Crippen molar-refractivity contribution in [2.24, 2.45) is 0 Å². The number of nitrogens with zero attached hydrogens (tertiary/aromatic N) is 2. The minimum atomic E-state index is -0.331. The summed E-state index contributed by atoms with van der Waals surface area (Å²) in [5, 5.41) is 7.32. The zero-order valence-corrected chi connectivity index (χ0v) is 7.93. The van der Waals surface area contributed by atoms with Gasteiger partial charge in [0.15, 0.2) is 5.65 Å². The van der Waals surface area contributed by atoms with Crippen LogP contribution in [0, 0.1) is 12.7 Å². The first kappa shape index (κ1) is 9.64. The van der Waals surface area contributed by atoms with Crippen LogP contribution in [-0.4, -0.2) is 15.2 Å². The van der Waals surface area contributed by atoms with Gasteiger partial charge in [-0.15, -0.1) is 0 Å². The highest BCUT2D eigenvalue weighted by atomic mass is 19.1. The van der Waals surface area contributed by atoms with E-state index >= 15 is 0 Å². The van der Waals surface area contributed by atoms with E-state index in [-0.39, 0.29) is 5.82 Å². The largest absolute Gasteiger partial charge is 0.280 e. The van der Waals surface area contributed by atoms with Crippen molar-refractivity contribution >= 4 is 11.0 Å². The van der Waals surface area contributed by atoms with E-state index in [0.717, 1.165) is 17.3 Å². The molecule has 0 amide bonds. The van der Waals surface area contributed by atoms with Crippen LogP contribution in [0.2, 0.25) is 0 Å². The van der Waals surface area contributed by atoms with E-state index < -0.39 is 0 Å². The number of fused-ring (bicyclic) bond motifs is 1. The van der Waals surface area contributed by atoms with Crippen LogP contribution in [0.15, 0.2) is 12.3 Å². The highest BCUT2D eigenvalue weighted by Crippen LogP contribution is 2.12. The van der Waals surface area contributed by atoms with Crippen LogP contribution in [-0.2, 0) is 0 Å². The molecule has 0 radical (unpaired) electrons. The average Bonchev–Trinajstić information content (AvgIpc) is 2.52. The van der Waals surface area contributed by atoms with Gasteiger partial charge in [-0.05, 0) is 13.0 Å². The summed E-state index contributed by atoms with van der Waals surface area (Å²) in [6, 6.07) is 1.42. The smallest absolute Gasteiger partial charge is 0.181 e. The topological polar surface area (TPSA) is 41.6 Å². The molecule has 4 heteroatoms. The van der Waals surface area contributed by atoms with E-state index in [4.69, 9.17) is 0 Å². The first-order valence-corrected chi connectivity index (χ1v) is 4.23. The van der Waals surface area contributed by atoms with Crippen LogP contribution < -0.4 is 0 Å². The van der Waals surface area contributed by atoms with Gasteiger partial charge in [0.25, 0.3) is 0 Å². The SMILES string of the molecule is CC.Cc1[nH]nc2ncc(F)cc12. The summed E-state index contributed by atoms with van der Waals surface area (Å²) in [5.41, 5.74) is 1.40. The van der Waals surface area contributed by atoms with Crippen LogP contribution >= 0.6 is 0 Å². The third-order valence-electron chi connectivity index (χ3n) is 1.57. The molecule has 2 heterocycles. The molecule has 3 nitrogen and oxygen atoms in total. The van der Waals surface area contributed by atoms with Crippen molar-refractivity contribution in [1.82, 2.24) is 15.2 Å². The Bertz CT molecular complexity index is 395. The lowest BCUT2D eigenvalue weighted by Gasteiger charge is -1.87. The number of H-pyrrole nitrogens is 1. The van der Waals surface area contributed by atoms with Gasteiger partial charge in [-0.2, -0.15) is 5.10 Å². The number of rotatable bonds is 0. The Morgan fingerprint density at radius 1 is 1.38 bits per heavy atom. The quantitative estimate of drug-likeness (QED) is 0.678. The number of aromatic nitrogens is 3. The number of aryl methyl sites for hydroxylation is 1. The summed E-state index contributed by atoms with van der Waals surface area (Å²) in [4.78, 5) is 3.78. The highest BCUT2D eigenvalue weighted by molar-refractivity contribution is 5.76. The lowest BCUT2D eigenvalue weighted by Crippen LogP contribution is -1.78. The molecule has 0 fully saturated rings. The van der Waals surface area contributed by atoms with Gasteiger partial charge in [-0.3, -0.25) is 5.10 Å². The molecule has 0 spiro atoms. The third-order valence-corrected chi connectivity index (χ3v) is 1.57. The standard InChI is InChI=1S/C7H6FN3.C2H6/c1-4-6-2-5(8)3-9-7(6)11-10-4;1-2/h2-3H,1H3,(H,9,10,11);1-2H3. The molecular formula is C9H12FN3. The van der Waals surface area contributed by atoms with E-state index in [0.29, 0.717) is 5.65 Å². The summed E-state index contributed by atoms with van der Waals surface area (Å²) < 4.78 is 12.6. The van der Waals surface area contributed by atoms with E-state index in [1.165, 1.54) is 6.07 Å². The maximum absolute atomic E-state index is 12.6. The Hall–Kier alpha value is -1.45. The molecule has 0 saturated carbocycles. The molecule has 2 aromatic rings. The normalized spacial score (nSPS) is 9.54. The van der Waals surface area contributed by atoms with Gasteiger partial charge < -0.3 is 0 Å². The lowest BCUT2D eigenvalue weighted by atomic mass is 10.3. The van der Waals surface area contributed by atoms with Crippen molar-refractivity contribution in [3.63, 3.8) is 0 Å². The average molecular weight is 181 g/mol. The molecule has 1 N–H and O–H groups in total. The van der Waals surface area contributed by atoms with Crippen molar-refractivity contribution in [2.75, 3.05) is 0 Å². The van der Waals surface area contributed by atoms with Crippen molar-refractivity contribution in [3.8, 4) is 0 Å². The Labute approximate surface area is 76.0 Å². The first-order chi connectivity index (χ1) is 6.27. The molecule has 0 saturated heterocycles. The number of pyridine rings is 1. The molecular weight excluding hydrogens is 169 g/mol. The minimum Gasteiger partial charge on any atom is -0.280 e. The van der Waals surface area contributed by atoms with Crippen LogP contribution in [0.3, 0.4) is 0 Å². The molecule has 0 atom stereocenters. The van der Waals surface area contributed by atoms with Crippen LogP contribution in [0.25, 0.3) is 11.0 Å². The second-order valence-corrected chi connectivity index (χ2v) is 2.37. The second kappa shape index (κ2) is 3.98. The van der Waals surface area contributed by atoms with Crippen molar-refractivity contribution in [3.05, 3.63) is 23.8 Å². The van der Waals surface area contributed by atoms with Gasteiger partial charge in [-0.25, -0.2) is 9.37 Å². The minimum absolute atomic E-state index is 0.331. The van der Waals surface area contributed by atoms with Gasteiger partial charge in [0, 0.05) is 11.1 Å². The number of aromatic amines is 1. The summed E-state index contributed by atoms with van der Waals surface area (Å²) >= 11 is 0. The number of halogens is 1. The van der Waals surface area contributed by atoms with E-state index in [1.54, 1.807) is 0 Å². The second-order valence-electron chi connectivity index (χ2n) is 2.37. The Morgan fingerprint density at radius 3 is 2.77 bits per heavy atom. The molecule has 0 bridgehead atoms. The molecule has 0 aliphatic heterocycles. The summed E-state index contributed by atoms with van der Waals surface area (Å²) in [6.45, 7) is 5.83. The van der Waals surface area contributed by atoms with E-state index in [9.17, 15) is 4.39 Å². The predicted molar refractivity (Wildman–Crippen MR) is 49.9 cm³/mol. The van der Waals surface area contributed by atoms with Crippen LogP contribution in [0.4, 0.5) is 4.39 Å². The van der Waals surface area contributed by atoms with Gasteiger partial charge in [-0.1, -0.05) is 13.8 Å². The van der Waals surface area contributed by atoms with Crippen molar-refractivity contribution in [1.29, 1.82) is 0 Å². The fourth-order valence-corrected chi connectivity index (χ4v) is 0.994. The molecule has 0 aliphatic carbocycles. The molecule has 13 heavy (non-hydrogen) atoms. The number of hydrogen-bond acceptors (Lipinski definition) is 2. The maximum Gasteiger partial charge on any atom is 0.181 e. The van der Waals surface area contributed by atoms with Crippen molar-refractivity contribution < 1.29 is 4.39 Å². The molecule has 2 rings (SSSR count). The summed E-state index contributed by atoms with van der Waals surface area (Å²) in [7, 11) is 0. The van der Waals surface area contributed by atoms with Crippen LogP contribution in [0.5, 0.6) is 0 Å². The summed E-state index contributed by atoms with van der Waals surface area (Å²) in [5.74, 6) is -0.331. The van der Waals surface area contributed by atoms with Gasteiger partial charge in [0.1, 0.15) is 5.82 Å². The molecule has 2 aromatic heterocycles. The lowest BCUT2D eigenvalue weighted by molar-refractivity contribution is 0.624. The maximum atomic E-state index is 12.6. The highest BCUT2D eigenvalue weighted by Gasteiger charge is 2.02.